The van der Waals surface area contributed by atoms with Crippen LogP contribution in [0, 0.1) is 0 Å². The van der Waals surface area contributed by atoms with Gasteiger partial charge in [-0.3, -0.25) is 14.6 Å². The zero-order valence-corrected chi connectivity index (χ0v) is 17.4. The molecule has 9 heteroatoms. The van der Waals surface area contributed by atoms with Crippen molar-refractivity contribution in [2.45, 2.75) is 39.7 Å². The Balaban J connectivity index is 0.000000981. The van der Waals surface area contributed by atoms with Gasteiger partial charge in [-0.25, -0.2) is 9.59 Å². The summed E-state index contributed by atoms with van der Waals surface area (Å²) in [5.74, 6) is -3.45. The number of aliphatic carboxylic acids is 2. The first kappa shape index (κ1) is 26.5. The van der Waals surface area contributed by atoms with E-state index in [2.05, 4.69) is 23.6 Å². The average Bonchev–Trinajstić information content (AvgIpc) is 2.69. The van der Waals surface area contributed by atoms with E-state index in [0.717, 1.165) is 32.0 Å². The van der Waals surface area contributed by atoms with Gasteiger partial charge in [-0.2, -0.15) is 0 Å². The lowest BCUT2D eigenvalue weighted by molar-refractivity contribution is -0.159. The highest BCUT2D eigenvalue weighted by atomic mass is 16.4. The number of amides is 1. The van der Waals surface area contributed by atoms with E-state index in [0.29, 0.717) is 12.5 Å². The van der Waals surface area contributed by atoms with E-state index < -0.39 is 11.9 Å². The van der Waals surface area contributed by atoms with Crippen molar-refractivity contribution >= 4 is 23.5 Å². The number of nitrogens with zero attached hydrogens (tertiary/aromatic N) is 3. The fourth-order valence-electron chi connectivity index (χ4n) is 2.94. The van der Waals surface area contributed by atoms with Gasteiger partial charge in [0.25, 0.3) is 0 Å². The molecule has 2 rings (SSSR count). The Morgan fingerprint density at radius 2 is 1.66 bits per heavy atom. The van der Waals surface area contributed by atoms with Crippen LogP contribution in [0.15, 0.2) is 30.3 Å². The second-order valence-electron chi connectivity index (χ2n) is 6.86. The first-order chi connectivity index (χ1) is 13.3. The summed E-state index contributed by atoms with van der Waals surface area (Å²) in [5.41, 5.74) is 1.01. The standard InChI is InChI=1S/C18H29N3O.C2H2O4.H2O/c1-4-18(22)21(17-9-6-5-7-10-17)14-13-19-11-8-12-20(15-19)16(2)3;3-1(4)2(5)6;/h5-7,9-10,16H,4,8,11-15H2,1-3H3;(H,3,4)(H,5,6);1H2. The smallest absolute Gasteiger partial charge is 0.414 e. The van der Waals surface area contributed by atoms with Crippen molar-refractivity contribution in [3.63, 3.8) is 0 Å². The molecule has 164 valence electrons. The molecule has 0 aliphatic carbocycles. The molecule has 1 fully saturated rings. The van der Waals surface area contributed by atoms with E-state index in [4.69, 9.17) is 19.8 Å². The van der Waals surface area contributed by atoms with Crippen LogP contribution in [0.2, 0.25) is 0 Å². The monoisotopic (exact) mass is 411 g/mol. The molecule has 1 saturated heterocycles. The van der Waals surface area contributed by atoms with E-state index in [1.165, 1.54) is 13.0 Å². The zero-order valence-electron chi connectivity index (χ0n) is 17.4. The molecule has 0 spiro atoms. The van der Waals surface area contributed by atoms with Gasteiger partial charge in [-0.15, -0.1) is 0 Å². The second kappa shape index (κ2) is 13.6. The molecule has 0 aromatic heterocycles. The minimum absolute atomic E-state index is 0. The molecule has 1 amide bonds. The van der Waals surface area contributed by atoms with Crippen molar-refractivity contribution in [3.05, 3.63) is 30.3 Å². The third-order valence-corrected chi connectivity index (χ3v) is 4.53. The lowest BCUT2D eigenvalue weighted by Crippen LogP contribution is -2.50. The molecule has 0 radical (unpaired) electrons. The molecule has 1 aromatic rings. The number of hydrogen-bond donors (Lipinski definition) is 2. The number of carboxylic acids is 2. The number of benzene rings is 1. The SMILES string of the molecule is CCC(=O)N(CCN1CCCN(C(C)C)C1)c1ccccc1.O.O=C(O)C(=O)O. The topological polar surface area (TPSA) is 133 Å². The molecule has 9 nitrogen and oxygen atoms in total. The van der Waals surface area contributed by atoms with Gasteiger partial charge in [0.1, 0.15) is 0 Å². The number of carboxylic acid groups (broad SMARTS) is 2. The van der Waals surface area contributed by atoms with E-state index in [-0.39, 0.29) is 11.4 Å². The largest absolute Gasteiger partial charge is 0.473 e. The summed E-state index contributed by atoms with van der Waals surface area (Å²) >= 11 is 0. The predicted molar refractivity (Wildman–Crippen MR) is 111 cm³/mol. The molecule has 1 aliphatic rings. The summed E-state index contributed by atoms with van der Waals surface area (Å²) < 4.78 is 0. The van der Waals surface area contributed by atoms with Crippen molar-refractivity contribution in [1.82, 2.24) is 9.80 Å². The Labute approximate surface area is 171 Å². The van der Waals surface area contributed by atoms with Crippen LogP contribution in [0.25, 0.3) is 0 Å². The fraction of sp³-hybridized carbons (Fsp3) is 0.550. The van der Waals surface area contributed by atoms with Gasteiger partial charge in [-0.1, -0.05) is 25.1 Å². The molecular weight excluding hydrogens is 378 g/mol. The first-order valence-electron chi connectivity index (χ1n) is 9.54. The Hall–Kier alpha value is -2.49. The summed E-state index contributed by atoms with van der Waals surface area (Å²) in [6.45, 7) is 11.5. The van der Waals surface area contributed by atoms with E-state index in [9.17, 15) is 4.79 Å². The summed E-state index contributed by atoms with van der Waals surface area (Å²) in [6, 6.07) is 10.6. The van der Waals surface area contributed by atoms with Crippen LogP contribution in [-0.4, -0.2) is 82.2 Å². The van der Waals surface area contributed by atoms with Crippen molar-refractivity contribution < 1.29 is 30.1 Å². The first-order valence-corrected chi connectivity index (χ1v) is 9.54. The van der Waals surface area contributed by atoms with Crippen LogP contribution in [0.3, 0.4) is 0 Å². The highest BCUT2D eigenvalue weighted by Gasteiger charge is 2.21. The predicted octanol–water partition coefficient (Wildman–Crippen LogP) is 1.13. The van der Waals surface area contributed by atoms with Crippen molar-refractivity contribution in [2.75, 3.05) is 37.7 Å². The van der Waals surface area contributed by atoms with Crippen molar-refractivity contribution in [1.29, 1.82) is 0 Å². The zero-order chi connectivity index (χ0) is 21.1. The molecule has 1 aromatic carbocycles. The number of carbonyl (C=O) groups excluding carboxylic acids is 1. The Morgan fingerprint density at radius 1 is 1.07 bits per heavy atom. The lowest BCUT2D eigenvalue weighted by atomic mass is 10.2. The second-order valence-corrected chi connectivity index (χ2v) is 6.86. The van der Waals surface area contributed by atoms with Crippen LogP contribution in [0.1, 0.15) is 33.6 Å². The molecule has 0 unspecified atom stereocenters. The Morgan fingerprint density at radius 3 is 2.14 bits per heavy atom. The highest BCUT2D eigenvalue weighted by molar-refractivity contribution is 6.27. The minimum Gasteiger partial charge on any atom is -0.473 e. The van der Waals surface area contributed by atoms with E-state index in [1.807, 2.05) is 42.2 Å². The molecule has 29 heavy (non-hydrogen) atoms. The highest BCUT2D eigenvalue weighted by Crippen LogP contribution is 2.15. The molecule has 0 atom stereocenters. The van der Waals surface area contributed by atoms with Crippen LogP contribution >= 0.6 is 0 Å². The normalized spacial score (nSPS) is 14.3. The quantitative estimate of drug-likeness (QED) is 0.671. The molecule has 4 N–H and O–H groups in total. The molecule has 0 bridgehead atoms. The summed E-state index contributed by atoms with van der Waals surface area (Å²) in [5, 5.41) is 14.8. The van der Waals surface area contributed by atoms with Gasteiger partial charge in [-0.05, 0) is 32.4 Å². The number of para-hydroxylation sites is 1. The number of carbonyl (C=O) groups is 3. The number of anilines is 1. The number of hydrogen-bond acceptors (Lipinski definition) is 5. The fourth-order valence-corrected chi connectivity index (χ4v) is 2.94. The van der Waals surface area contributed by atoms with Crippen molar-refractivity contribution in [2.24, 2.45) is 0 Å². The van der Waals surface area contributed by atoms with Gasteiger partial charge >= 0.3 is 11.9 Å². The molecular formula is C20H33N3O6. The maximum absolute atomic E-state index is 12.3. The number of rotatable bonds is 6. The molecule has 0 saturated carbocycles. The maximum Gasteiger partial charge on any atom is 0.414 e. The van der Waals surface area contributed by atoms with Gasteiger partial charge in [0, 0.05) is 44.3 Å². The van der Waals surface area contributed by atoms with Crippen LogP contribution < -0.4 is 4.90 Å². The van der Waals surface area contributed by atoms with Crippen LogP contribution in [0.4, 0.5) is 5.69 Å². The maximum atomic E-state index is 12.3. The Kier molecular flexibility index (Phi) is 12.5. The summed E-state index contributed by atoms with van der Waals surface area (Å²) in [6.07, 6.45) is 1.76. The van der Waals surface area contributed by atoms with Crippen molar-refractivity contribution in [3.8, 4) is 0 Å². The van der Waals surface area contributed by atoms with E-state index in [1.54, 1.807) is 0 Å². The molecule has 1 heterocycles. The van der Waals surface area contributed by atoms with Gasteiger partial charge in [0.05, 0.1) is 6.67 Å². The third-order valence-electron chi connectivity index (χ3n) is 4.53. The van der Waals surface area contributed by atoms with Gasteiger partial charge < -0.3 is 20.6 Å². The summed E-state index contributed by atoms with van der Waals surface area (Å²) in [7, 11) is 0. The van der Waals surface area contributed by atoms with Gasteiger partial charge in [0.15, 0.2) is 0 Å². The van der Waals surface area contributed by atoms with Crippen LogP contribution in [0.5, 0.6) is 0 Å². The van der Waals surface area contributed by atoms with Crippen LogP contribution in [-0.2, 0) is 14.4 Å². The van der Waals surface area contributed by atoms with E-state index >= 15 is 0 Å². The molecule has 1 aliphatic heterocycles. The Bertz CT molecular complexity index is 626. The summed E-state index contributed by atoms with van der Waals surface area (Å²) in [4.78, 5) is 37.3. The lowest BCUT2D eigenvalue weighted by Gasteiger charge is -2.38. The van der Waals surface area contributed by atoms with Gasteiger partial charge in [0.2, 0.25) is 5.91 Å². The average molecular weight is 411 g/mol. The minimum atomic E-state index is -1.82. The third kappa shape index (κ3) is 9.51.